The molecule has 25 heavy (non-hydrogen) atoms. The Kier molecular flexibility index (Phi) is 8.25. The van der Waals surface area contributed by atoms with Gasteiger partial charge in [-0.1, -0.05) is 6.92 Å². The number of nitrogens with one attached hydrogen (secondary N) is 2. The molecule has 1 aromatic carbocycles. The van der Waals surface area contributed by atoms with Crippen LogP contribution in [-0.2, 0) is 14.3 Å². The summed E-state index contributed by atoms with van der Waals surface area (Å²) >= 11 is 0. The van der Waals surface area contributed by atoms with E-state index >= 15 is 0 Å². The molecule has 0 aliphatic carbocycles. The zero-order chi connectivity index (χ0) is 18.8. The van der Waals surface area contributed by atoms with Gasteiger partial charge in [-0.05, 0) is 25.5 Å². The van der Waals surface area contributed by atoms with Crippen molar-refractivity contribution in [1.82, 2.24) is 10.6 Å². The lowest BCUT2D eigenvalue weighted by Crippen LogP contribution is -2.46. The molecule has 0 saturated carbocycles. The number of benzene rings is 1. The molecule has 0 unspecified atom stereocenters. The van der Waals surface area contributed by atoms with E-state index < -0.39 is 24.5 Å². The Morgan fingerprint density at radius 1 is 1.16 bits per heavy atom. The molecule has 1 rings (SSSR count). The van der Waals surface area contributed by atoms with Crippen LogP contribution in [0.4, 0.5) is 0 Å². The van der Waals surface area contributed by atoms with E-state index in [-0.39, 0.29) is 17.2 Å². The molecule has 0 radical (unpaired) electrons. The molecule has 2 N–H and O–H groups in total. The van der Waals surface area contributed by atoms with Crippen LogP contribution in [0.3, 0.4) is 0 Å². The van der Waals surface area contributed by atoms with Gasteiger partial charge in [-0.25, -0.2) is 4.79 Å². The number of carbonyl (C=O) groups is 3. The molecule has 138 valence electrons. The minimum Gasteiger partial charge on any atom is -0.497 e. The number of ether oxygens (including phenoxy) is 3. The summed E-state index contributed by atoms with van der Waals surface area (Å²) in [7, 11) is 2.91. The van der Waals surface area contributed by atoms with Gasteiger partial charge in [0.15, 0.2) is 6.61 Å². The third kappa shape index (κ3) is 6.33. The molecule has 0 aliphatic heterocycles. The summed E-state index contributed by atoms with van der Waals surface area (Å²) in [6.07, 6.45) is 0.799. The molecule has 8 nitrogen and oxygen atoms in total. The Labute approximate surface area is 146 Å². The van der Waals surface area contributed by atoms with Crippen LogP contribution < -0.4 is 20.1 Å². The minimum absolute atomic E-state index is 0.171. The van der Waals surface area contributed by atoms with E-state index in [0.29, 0.717) is 12.3 Å². The number of rotatable bonds is 9. The fourth-order valence-corrected chi connectivity index (χ4v) is 1.93. The van der Waals surface area contributed by atoms with Gasteiger partial charge in [0, 0.05) is 12.6 Å². The van der Waals surface area contributed by atoms with Crippen molar-refractivity contribution in [3.8, 4) is 11.5 Å². The molecule has 2 amide bonds. The highest BCUT2D eigenvalue weighted by Crippen LogP contribution is 2.25. The summed E-state index contributed by atoms with van der Waals surface area (Å²) in [5, 5.41) is 5.13. The predicted molar refractivity (Wildman–Crippen MR) is 90.7 cm³/mol. The monoisotopic (exact) mass is 352 g/mol. The summed E-state index contributed by atoms with van der Waals surface area (Å²) in [6.45, 7) is 3.51. The highest BCUT2D eigenvalue weighted by molar-refractivity contribution is 5.94. The van der Waals surface area contributed by atoms with Gasteiger partial charge in [0.05, 0.1) is 14.2 Å². The van der Waals surface area contributed by atoms with Crippen LogP contribution in [0.2, 0.25) is 0 Å². The summed E-state index contributed by atoms with van der Waals surface area (Å²) < 4.78 is 15.1. The maximum Gasteiger partial charge on any atom is 0.342 e. The molecule has 0 spiro atoms. The highest BCUT2D eigenvalue weighted by atomic mass is 16.5. The highest BCUT2D eigenvalue weighted by Gasteiger charge is 2.18. The molecule has 0 aliphatic rings. The first-order valence-corrected chi connectivity index (χ1v) is 7.89. The van der Waals surface area contributed by atoms with Gasteiger partial charge in [-0.2, -0.15) is 0 Å². The largest absolute Gasteiger partial charge is 0.497 e. The van der Waals surface area contributed by atoms with Gasteiger partial charge in [0.25, 0.3) is 5.91 Å². The Balaban J connectivity index is 2.56. The fourth-order valence-electron chi connectivity index (χ4n) is 1.93. The van der Waals surface area contributed by atoms with Gasteiger partial charge in [0.1, 0.15) is 23.1 Å². The van der Waals surface area contributed by atoms with E-state index in [1.54, 1.807) is 13.0 Å². The van der Waals surface area contributed by atoms with E-state index in [1.807, 2.05) is 6.92 Å². The lowest BCUT2D eigenvalue weighted by Gasteiger charge is -2.14. The molecular weight excluding hydrogens is 328 g/mol. The molecule has 0 bridgehead atoms. The summed E-state index contributed by atoms with van der Waals surface area (Å²) in [4.78, 5) is 35.6. The van der Waals surface area contributed by atoms with E-state index in [9.17, 15) is 14.4 Å². The zero-order valence-electron chi connectivity index (χ0n) is 14.9. The van der Waals surface area contributed by atoms with Crippen molar-refractivity contribution < 1.29 is 28.6 Å². The Hall–Kier alpha value is -2.77. The first-order chi connectivity index (χ1) is 11.9. The molecular formula is C17H24N2O6. The average molecular weight is 352 g/mol. The van der Waals surface area contributed by atoms with E-state index in [4.69, 9.17) is 14.2 Å². The van der Waals surface area contributed by atoms with Crippen molar-refractivity contribution in [2.45, 2.75) is 26.3 Å². The van der Waals surface area contributed by atoms with Crippen molar-refractivity contribution in [2.24, 2.45) is 0 Å². The van der Waals surface area contributed by atoms with Crippen LogP contribution in [-0.4, -0.2) is 51.2 Å². The summed E-state index contributed by atoms with van der Waals surface area (Å²) in [5.41, 5.74) is 0.171. The second kappa shape index (κ2) is 10.2. The van der Waals surface area contributed by atoms with Gasteiger partial charge in [0.2, 0.25) is 5.91 Å². The summed E-state index contributed by atoms with van der Waals surface area (Å²) in [6, 6.07) is 3.89. The van der Waals surface area contributed by atoms with E-state index in [2.05, 4.69) is 10.6 Å². The van der Waals surface area contributed by atoms with Gasteiger partial charge in [-0.15, -0.1) is 0 Å². The second-order valence-electron chi connectivity index (χ2n) is 5.22. The molecule has 0 aromatic heterocycles. The maximum atomic E-state index is 12.1. The van der Waals surface area contributed by atoms with Crippen LogP contribution in [0, 0.1) is 0 Å². The lowest BCUT2D eigenvalue weighted by molar-refractivity contribution is -0.130. The molecule has 0 fully saturated rings. The van der Waals surface area contributed by atoms with Gasteiger partial charge in [-0.3, -0.25) is 9.59 Å². The predicted octanol–water partition coefficient (Wildman–Crippen LogP) is 0.892. The van der Waals surface area contributed by atoms with Crippen molar-refractivity contribution in [1.29, 1.82) is 0 Å². The Bertz CT molecular complexity index is 617. The molecule has 8 heteroatoms. The molecule has 1 atom stereocenters. The standard InChI is InChI=1S/C17H24N2O6/c1-5-8-18-16(21)11(2)19-15(20)10-25-17(22)13-7-6-12(23-3)9-14(13)24-4/h6-7,9,11H,5,8,10H2,1-4H3,(H,18,21)(H,19,20)/t11-/m0/s1. The number of methoxy groups -OCH3 is 2. The zero-order valence-corrected chi connectivity index (χ0v) is 14.9. The van der Waals surface area contributed by atoms with Crippen molar-refractivity contribution in [3.63, 3.8) is 0 Å². The fraction of sp³-hybridized carbons (Fsp3) is 0.471. The van der Waals surface area contributed by atoms with Crippen LogP contribution in [0.1, 0.15) is 30.6 Å². The third-order valence-corrected chi connectivity index (χ3v) is 3.28. The number of hydrogen-bond acceptors (Lipinski definition) is 6. The summed E-state index contributed by atoms with van der Waals surface area (Å²) in [5.74, 6) is -0.772. The maximum absolute atomic E-state index is 12.1. The number of hydrogen-bond donors (Lipinski definition) is 2. The molecule has 0 heterocycles. The second-order valence-corrected chi connectivity index (χ2v) is 5.22. The number of esters is 1. The van der Waals surface area contributed by atoms with Crippen LogP contribution in [0.25, 0.3) is 0 Å². The molecule has 1 aromatic rings. The van der Waals surface area contributed by atoms with Crippen molar-refractivity contribution >= 4 is 17.8 Å². The SMILES string of the molecule is CCCNC(=O)[C@H](C)NC(=O)COC(=O)c1ccc(OC)cc1OC. The van der Waals surface area contributed by atoms with Crippen LogP contribution in [0.5, 0.6) is 11.5 Å². The molecule has 0 saturated heterocycles. The van der Waals surface area contributed by atoms with Gasteiger partial charge >= 0.3 is 5.97 Å². The smallest absolute Gasteiger partial charge is 0.342 e. The quantitative estimate of drug-likeness (QED) is 0.640. The van der Waals surface area contributed by atoms with Crippen LogP contribution >= 0.6 is 0 Å². The Morgan fingerprint density at radius 3 is 2.48 bits per heavy atom. The van der Waals surface area contributed by atoms with Crippen molar-refractivity contribution in [3.05, 3.63) is 23.8 Å². The number of amides is 2. The van der Waals surface area contributed by atoms with Crippen molar-refractivity contribution in [2.75, 3.05) is 27.4 Å². The average Bonchev–Trinajstić information content (AvgIpc) is 2.63. The topological polar surface area (TPSA) is 103 Å². The third-order valence-electron chi connectivity index (χ3n) is 3.28. The normalized spacial score (nSPS) is 11.2. The minimum atomic E-state index is -0.715. The Morgan fingerprint density at radius 2 is 1.88 bits per heavy atom. The van der Waals surface area contributed by atoms with Gasteiger partial charge < -0.3 is 24.8 Å². The first-order valence-electron chi connectivity index (χ1n) is 7.89. The van der Waals surface area contributed by atoms with E-state index in [1.165, 1.54) is 26.4 Å². The van der Waals surface area contributed by atoms with E-state index in [0.717, 1.165) is 6.42 Å². The first kappa shape index (κ1) is 20.3. The number of carbonyl (C=O) groups excluding carboxylic acids is 3. The van der Waals surface area contributed by atoms with Crippen LogP contribution in [0.15, 0.2) is 18.2 Å². The lowest BCUT2D eigenvalue weighted by atomic mass is 10.2.